The molecule has 0 saturated carbocycles. The van der Waals surface area contributed by atoms with E-state index in [1.807, 2.05) is 0 Å². The number of ether oxygens (including phenoxy) is 3. The number of thioether (sulfide) groups is 1. The molecule has 1 saturated heterocycles. The number of carboxylic acid groups (broad SMARTS) is 1. The van der Waals surface area contributed by atoms with Crippen LogP contribution < -0.4 is 9.47 Å². The molecule has 2 aromatic carbocycles. The molecule has 0 atom stereocenters. The molecular formula is C24H22ClNO8S. The summed E-state index contributed by atoms with van der Waals surface area (Å²) >= 11 is 7.15. The van der Waals surface area contributed by atoms with Crippen LogP contribution in [0.2, 0.25) is 5.02 Å². The number of hydrogen-bond donors (Lipinski definition) is 1. The predicted octanol–water partition coefficient (Wildman–Crippen LogP) is 4.62. The van der Waals surface area contributed by atoms with Crippen molar-refractivity contribution in [2.45, 2.75) is 20.5 Å². The Morgan fingerprint density at radius 1 is 1.11 bits per heavy atom. The van der Waals surface area contributed by atoms with Gasteiger partial charge in [-0.15, -0.1) is 0 Å². The van der Waals surface area contributed by atoms with Crippen LogP contribution in [0.15, 0.2) is 41.3 Å². The highest BCUT2D eigenvalue weighted by atomic mass is 35.5. The number of carboxylic acids is 1. The van der Waals surface area contributed by atoms with Crippen LogP contribution in [0.4, 0.5) is 4.79 Å². The Labute approximate surface area is 210 Å². The van der Waals surface area contributed by atoms with Crippen molar-refractivity contribution in [2.24, 2.45) is 0 Å². The van der Waals surface area contributed by atoms with Crippen molar-refractivity contribution in [3.63, 3.8) is 0 Å². The first-order valence-electron chi connectivity index (χ1n) is 10.6. The minimum atomic E-state index is -1.05. The Kier molecular flexibility index (Phi) is 8.78. The second-order valence-corrected chi connectivity index (χ2v) is 8.53. The van der Waals surface area contributed by atoms with E-state index in [9.17, 15) is 19.2 Å². The summed E-state index contributed by atoms with van der Waals surface area (Å²) in [5.74, 6) is -1.77. The Morgan fingerprint density at radius 3 is 2.57 bits per heavy atom. The fourth-order valence-corrected chi connectivity index (χ4v) is 4.26. The molecule has 0 unspecified atom stereocenters. The average molecular weight is 520 g/mol. The number of halogens is 1. The van der Waals surface area contributed by atoms with E-state index >= 15 is 0 Å². The molecule has 35 heavy (non-hydrogen) atoms. The first-order valence-corrected chi connectivity index (χ1v) is 11.7. The second kappa shape index (κ2) is 11.8. The maximum Gasteiger partial charge on any atom is 0.335 e. The van der Waals surface area contributed by atoms with Crippen molar-refractivity contribution in [3.8, 4) is 11.5 Å². The molecule has 11 heteroatoms. The summed E-state index contributed by atoms with van der Waals surface area (Å²) in [6.07, 6.45) is 1.48. The van der Waals surface area contributed by atoms with Crippen molar-refractivity contribution in [3.05, 3.63) is 63.0 Å². The van der Waals surface area contributed by atoms with Crippen LogP contribution in [0.5, 0.6) is 11.5 Å². The van der Waals surface area contributed by atoms with Crippen LogP contribution in [-0.2, 0) is 20.9 Å². The lowest BCUT2D eigenvalue weighted by molar-refractivity contribution is -0.145. The van der Waals surface area contributed by atoms with Gasteiger partial charge in [0.1, 0.15) is 13.2 Å². The zero-order valence-corrected chi connectivity index (χ0v) is 20.5. The molecule has 2 aromatic rings. The van der Waals surface area contributed by atoms with Crippen LogP contribution >= 0.6 is 23.4 Å². The number of carbonyl (C=O) groups excluding carboxylic acids is 3. The number of nitrogens with zero attached hydrogens (tertiary/aromatic N) is 1. The molecule has 2 amide bonds. The number of imide groups is 1. The van der Waals surface area contributed by atoms with Crippen LogP contribution in [0.3, 0.4) is 0 Å². The highest BCUT2D eigenvalue weighted by Crippen LogP contribution is 2.39. The van der Waals surface area contributed by atoms with E-state index in [-0.39, 0.29) is 34.5 Å². The number of benzene rings is 2. The molecular weight excluding hydrogens is 498 g/mol. The van der Waals surface area contributed by atoms with E-state index in [4.69, 9.17) is 30.9 Å². The van der Waals surface area contributed by atoms with Crippen LogP contribution in [0, 0.1) is 0 Å². The van der Waals surface area contributed by atoms with Gasteiger partial charge in [-0.2, -0.15) is 0 Å². The molecule has 1 aliphatic heterocycles. The Balaban J connectivity index is 1.82. The Hall–Kier alpha value is -3.50. The number of esters is 1. The smallest absolute Gasteiger partial charge is 0.335 e. The van der Waals surface area contributed by atoms with Gasteiger partial charge in [0, 0.05) is 0 Å². The van der Waals surface area contributed by atoms with Gasteiger partial charge in [-0.25, -0.2) is 4.79 Å². The first kappa shape index (κ1) is 26.1. The van der Waals surface area contributed by atoms with Crippen molar-refractivity contribution >= 4 is 52.5 Å². The summed E-state index contributed by atoms with van der Waals surface area (Å²) in [6, 6.07) is 9.47. The zero-order valence-electron chi connectivity index (χ0n) is 18.9. The SMILES string of the molecule is CCOC(=O)CN1C(=O)S/C(=C\c2cc(Cl)c(OCc3cccc(C(=O)O)c3)c(OCC)c2)C1=O. The lowest BCUT2D eigenvalue weighted by atomic mass is 10.1. The maximum absolute atomic E-state index is 12.6. The maximum atomic E-state index is 12.6. The summed E-state index contributed by atoms with van der Waals surface area (Å²) < 4.78 is 16.3. The molecule has 0 radical (unpaired) electrons. The van der Waals surface area contributed by atoms with Gasteiger partial charge in [-0.3, -0.25) is 19.3 Å². The van der Waals surface area contributed by atoms with E-state index in [1.54, 1.807) is 38.1 Å². The van der Waals surface area contributed by atoms with Crippen LogP contribution in [0.1, 0.15) is 35.3 Å². The van der Waals surface area contributed by atoms with Gasteiger partial charge < -0.3 is 19.3 Å². The van der Waals surface area contributed by atoms with Crippen LogP contribution in [0.25, 0.3) is 6.08 Å². The molecule has 0 bridgehead atoms. The summed E-state index contributed by atoms with van der Waals surface area (Å²) in [5.41, 5.74) is 1.25. The highest BCUT2D eigenvalue weighted by Gasteiger charge is 2.36. The summed E-state index contributed by atoms with van der Waals surface area (Å²) in [6.45, 7) is 3.45. The van der Waals surface area contributed by atoms with Crippen molar-refractivity contribution in [2.75, 3.05) is 19.8 Å². The normalized spacial score (nSPS) is 14.4. The van der Waals surface area contributed by atoms with Gasteiger partial charge in [-0.05, 0) is 67.1 Å². The lowest BCUT2D eigenvalue weighted by Gasteiger charge is -2.15. The van der Waals surface area contributed by atoms with Gasteiger partial charge in [0.25, 0.3) is 11.1 Å². The summed E-state index contributed by atoms with van der Waals surface area (Å²) in [5, 5.41) is 8.78. The largest absolute Gasteiger partial charge is 0.490 e. The summed E-state index contributed by atoms with van der Waals surface area (Å²) in [4.78, 5) is 48.7. The molecule has 184 valence electrons. The van der Waals surface area contributed by atoms with Crippen molar-refractivity contribution < 1.29 is 38.5 Å². The average Bonchev–Trinajstić information content (AvgIpc) is 3.06. The first-order chi connectivity index (χ1) is 16.7. The van der Waals surface area contributed by atoms with Gasteiger partial charge in [-0.1, -0.05) is 23.7 Å². The van der Waals surface area contributed by atoms with Gasteiger partial charge in [0.05, 0.1) is 28.7 Å². The lowest BCUT2D eigenvalue weighted by Crippen LogP contribution is -2.34. The number of hydrogen-bond acceptors (Lipinski definition) is 8. The fraction of sp³-hybridized carbons (Fsp3) is 0.250. The van der Waals surface area contributed by atoms with E-state index < -0.39 is 29.6 Å². The van der Waals surface area contributed by atoms with Gasteiger partial charge in [0.2, 0.25) is 0 Å². The third-order valence-electron chi connectivity index (χ3n) is 4.65. The van der Waals surface area contributed by atoms with Gasteiger partial charge >= 0.3 is 11.9 Å². The second-order valence-electron chi connectivity index (χ2n) is 7.13. The van der Waals surface area contributed by atoms with E-state index in [0.29, 0.717) is 35.2 Å². The van der Waals surface area contributed by atoms with Gasteiger partial charge in [0.15, 0.2) is 11.5 Å². The third-order valence-corrected chi connectivity index (χ3v) is 5.84. The number of carbonyl (C=O) groups is 4. The topological polar surface area (TPSA) is 119 Å². The quantitative estimate of drug-likeness (QED) is 0.354. The molecule has 1 N–H and O–H groups in total. The molecule has 0 spiro atoms. The predicted molar refractivity (Wildman–Crippen MR) is 130 cm³/mol. The number of rotatable bonds is 10. The number of amides is 2. The molecule has 1 aliphatic rings. The highest BCUT2D eigenvalue weighted by molar-refractivity contribution is 8.18. The standard InChI is InChI=1S/C24H22ClNO8S/c1-3-32-18-10-15(11-19-22(28)26(24(31)35-19)12-20(27)33-4-2)9-17(25)21(18)34-13-14-6-5-7-16(8-14)23(29)30/h5-11H,3-4,12-13H2,1-2H3,(H,29,30)/b19-11-. The molecule has 0 aliphatic carbocycles. The Bertz CT molecular complexity index is 1200. The zero-order chi connectivity index (χ0) is 25.5. The monoisotopic (exact) mass is 519 g/mol. The molecule has 0 aromatic heterocycles. The van der Waals surface area contributed by atoms with E-state index in [2.05, 4.69) is 0 Å². The fourth-order valence-electron chi connectivity index (χ4n) is 3.15. The van der Waals surface area contributed by atoms with Crippen LogP contribution in [-0.4, -0.2) is 52.8 Å². The molecule has 3 rings (SSSR count). The van der Waals surface area contributed by atoms with E-state index in [1.165, 1.54) is 18.2 Å². The molecule has 9 nitrogen and oxygen atoms in total. The third kappa shape index (κ3) is 6.55. The number of aromatic carboxylic acids is 1. The van der Waals surface area contributed by atoms with E-state index in [0.717, 1.165) is 4.90 Å². The Morgan fingerprint density at radius 2 is 1.89 bits per heavy atom. The minimum absolute atomic E-state index is 0.0486. The molecule has 1 heterocycles. The minimum Gasteiger partial charge on any atom is -0.490 e. The summed E-state index contributed by atoms with van der Waals surface area (Å²) in [7, 11) is 0. The molecule has 1 fully saturated rings. The van der Waals surface area contributed by atoms with Crippen molar-refractivity contribution in [1.29, 1.82) is 0 Å². The van der Waals surface area contributed by atoms with Crippen molar-refractivity contribution in [1.82, 2.24) is 4.90 Å².